The fourth-order valence-electron chi connectivity index (χ4n) is 14.1. The highest BCUT2D eigenvalue weighted by Crippen LogP contribution is 2.37. The average molecular weight is 1710 g/mol. The molecule has 19 atom stereocenters. The lowest BCUT2D eigenvalue weighted by Gasteiger charge is -2.23. The number of nitrogens with two attached hydrogens (primary N) is 7. The molecule has 0 bridgehead atoms. The molecular formula is C75H129B6N15O23S. The summed E-state index contributed by atoms with van der Waals surface area (Å²) in [6, 6.07) is -2.68. The average Bonchev–Trinajstić information content (AvgIpc) is 1.71. The number of aliphatic hydroxyl groups excluding tert-OH is 1. The van der Waals surface area contributed by atoms with Gasteiger partial charge in [0.15, 0.2) is 37.5 Å². The molecule has 666 valence electrons. The number of hydrogen-bond acceptors (Lipinski definition) is 23. The second kappa shape index (κ2) is 55.6. The third-order valence-electron chi connectivity index (χ3n) is 20.0. The number of carbonyl (C=O) groups is 16. The summed E-state index contributed by atoms with van der Waals surface area (Å²) in [7, 11) is 5.52. The van der Waals surface area contributed by atoms with Gasteiger partial charge in [0.2, 0.25) is 81.9 Å². The maximum atomic E-state index is 11.6. The molecule has 38 nitrogen and oxygen atoms in total. The van der Waals surface area contributed by atoms with Gasteiger partial charge in [-0.3, -0.25) is 71.9 Å². The summed E-state index contributed by atoms with van der Waals surface area (Å²) in [6.07, 6.45) is 9.85. The van der Waals surface area contributed by atoms with Crippen LogP contribution in [0.1, 0.15) is 144 Å². The van der Waals surface area contributed by atoms with E-state index in [1.807, 2.05) is 45.0 Å². The van der Waals surface area contributed by atoms with Crippen LogP contribution in [-0.4, -0.2) is 234 Å². The zero-order valence-electron chi connectivity index (χ0n) is 78.1. The number of ketones is 1. The van der Waals surface area contributed by atoms with Gasteiger partial charge in [0.1, 0.15) is 20.1 Å². The van der Waals surface area contributed by atoms with E-state index in [0.717, 1.165) is 35.1 Å². The Balaban J connectivity index is 0. The Bertz CT molecular complexity index is 3740. The Labute approximate surface area is 719 Å². The van der Waals surface area contributed by atoms with E-state index < -0.39 is 123 Å². The molecule has 0 aromatic rings. The van der Waals surface area contributed by atoms with Gasteiger partial charge in [-0.25, -0.2) is 17.9 Å². The molecule has 0 aromatic heterocycles. The van der Waals surface area contributed by atoms with E-state index in [0.29, 0.717) is 76.5 Å². The zero-order valence-corrected chi connectivity index (χ0v) is 71.9. The van der Waals surface area contributed by atoms with E-state index in [2.05, 4.69) is 69.1 Å². The van der Waals surface area contributed by atoms with Crippen molar-refractivity contribution in [3.63, 3.8) is 0 Å². The monoisotopic (exact) mass is 1710 g/mol. The van der Waals surface area contributed by atoms with Crippen molar-refractivity contribution in [1.29, 1.82) is 0 Å². The molecule has 8 saturated carbocycles. The summed E-state index contributed by atoms with van der Waals surface area (Å²) in [4.78, 5) is 180. The highest BCUT2D eigenvalue weighted by Gasteiger charge is 2.44. The maximum Gasteiger partial charge on any atom is 0.407 e. The van der Waals surface area contributed by atoms with Crippen LogP contribution in [0, 0.1) is 59.2 Å². The first-order valence-electron chi connectivity index (χ1n) is 42.8. The van der Waals surface area contributed by atoms with Crippen LogP contribution in [0.4, 0.5) is 28.8 Å². The quantitative estimate of drug-likeness (QED) is 0.0372. The smallest absolute Gasteiger partial charge is 0.407 e. The summed E-state index contributed by atoms with van der Waals surface area (Å²) in [6.45, 7) is 37.9. The van der Waals surface area contributed by atoms with Gasteiger partial charge in [-0.05, 0) is 130 Å². The van der Waals surface area contributed by atoms with Gasteiger partial charge in [-0.2, -0.15) is 0 Å². The summed E-state index contributed by atoms with van der Waals surface area (Å²) >= 11 is 0. The predicted octanol–water partition coefficient (Wildman–Crippen LogP) is 1.85. The van der Waals surface area contributed by atoms with Crippen LogP contribution in [0.25, 0.3) is 0 Å². The second-order valence-corrected chi connectivity index (χ2v) is 33.1. The number of hydrogen-bond donors (Lipinski definition) is 18. The topological polar surface area (TPSA) is 688 Å². The van der Waals surface area contributed by atoms with Crippen molar-refractivity contribution in [1.82, 2.24) is 42.8 Å². The predicted molar refractivity (Wildman–Crippen MR) is 459 cm³/mol. The largest absolute Gasteiger partial charge is 0.481 e. The second-order valence-electron chi connectivity index (χ2n) is 31.1. The number of carbonyl (C=O) groups excluding carboxylic acids is 14. The molecule has 0 aliphatic heterocycles. The van der Waals surface area contributed by atoms with Gasteiger partial charge < -0.3 is 103 Å². The van der Waals surface area contributed by atoms with Crippen LogP contribution in [0.3, 0.4) is 0 Å². The standard InChI is InChI=1S/C12H19NO4.C10H19BN3O4S.C10H14O4.C9H16BN2O2.C9H14BN2O2.C8H14BN2O3.C8H12BN2O3.C7H12N2O.C2H6B.H3N/c1-7-5-8(10(14)15)9(6-7)13-11(16)17-12(2,3)4;1-3-19(17,18)14-6-4-7(9(12)15)8(5-6)13-10(16)11-2;1-3-14-10(13)8-5-6(2)4-7(8)9(11)12;2*1-5-3-6(8(11)13)7(4-5)12-9(14)10-2;2*1-9-8(14)11-6-3-4(12)2-5(6)7(10)13;1-4-2-5(7(9)10)6(8)3-4;1-3-2;/h8-9H,1,5-6H2,2-4H3,(H,13,16)(H,14,15);6-8,14H,3-5H2,1-2H3,(H2,12,15)(H,13,16);7-8H,2-5H2,1H3,(H,11,12);5-7H,3-4H2,1-2H3,(H2,11,13)(H,12,14);6-7H,1,3-4H2,2H3,(H2,11,13)(H,12,14);4-6,12H,2-3H2,1H3,(H2,10,13)(H,11,14);5-6H,2-3H2,1H3,(H2,10,13)(H,11,14);5-6H,1-3,8H2,(H2,9,10);1-2H3;1H3/t8-,9-;6?,7-,8-;7-,8+;5?,6-,7-;6-,7-;4?,5-,6-;2*5-,6-;;/m00000000../s1/i/hD7. The van der Waals surface area contributed by atoms with Crippen molar-refractivity contribution < 1.29 is 120 Å². The Morgan fingerprint density at radius 1 is 0.467 bits per heavy atom. The number of aliphatic carboxylic acids is 2. The van der Waals surface area contributed by atoms with E-state index in [9.17, 15) is 90.2 Å². The van der Waals surface area contributed by atoms with E-state index in [-0.39, 0.29) is 126 Å². The molecule has 8 fully saturated rings. The Hall–Kier alpha value is -9.34. The number of esters is 1. The molecule has 0 spiro atoms. The number of alkyl carbamates (subject to hydrolysis) is 1. The van der Waals surface area contributed by atoms with E-state index in [1.165, 1.54) is 43.3 Å². The molecule has 0 saturated heterocycles. The highest BCUT2D eigenvalue weighted by atomic mass is 32.2. The number of Topliss-reactive ketones (excluding diaryl/α,β-unsaturated/α-hetero) is 1. The molecule has 0 heterocycles. The van der Waals surface area contributed by atoms with Gasteiger partial charge in [0.05, 0.1) is 71.7 Å². The van der Waals surface area contributed by atoms with Gasteiger partial charge in [0, 0.05) is 61.2 Å². The summed E-state index contributed by atoms with van der Waals surface area (Å²) in [5.74, 6) is -10.1. The van der Waals surface area contributed by atoms with Gasteiger partial charge >= 0.3 is 24.0 Å². The minimum Gasteiger partial charge on any atom is -0.481 e. The van der Waals surface area contributed by atoms with Crippen LogP contribution in [-0.2, 0) is 67.4 Å². The van der Waals surface area contributed by atoms with Crippen molar-refractivity contribution in [2.75, 3.05) is 12.4 Å². The van der Waals surface area contributed by atoms with Crippen molar-refractivity contribution in [2.45, 2.75) is 252 Å². The van der Waals surface area contributed by atoms with Crippen LogP contribution in [0.2, 0.25) is 57.6 Å². The fourth-order valence-corrected chi connectivity index (χ4v) is 14.9. The van der Waals surface area contributed by atoms with Crippen LogP contribution in [0.15, 0.2) is 48.6 Å². The molecule has 6 radical (unpaired) electrons. The zero-order chi connectivity index (χ0) is 98.1. The third-order valence-corrected chi connectivity index (χ3v) is 21.4. The van der Waals surface area contributed by atoms with Crippen molar-refractivity contribution in [3.05, 3.63) is 48.6 Å². The molecule has 0 aromatic carbocycles. The summed E-state index contributed by atoms with van der Waals surface area (Å²) < 4.78 is 81.4. The first-order chi connectivity index (χ1) is 59.4. The van der Waals surface area contributed by atoms with Crippen molar-refractivity contribution >= 4 is 148 Å². The molecule has 8 rings (SSSR count). The molecular weight excluding hydrogens is 1580 g/mol. The number of aliphatic hydroxyl groups is 1. The normalized spacial score (nSPS) is 27.5. The number of amides is 12. The molecule has 12 amide bonds. The number of nitrogens with one attached hydrogen (secondary N) is 7. The van der Waals surface area contributed by atoms with Gasteiger partial charge in [0.25, 0.3) is 0 Å². The van der Waals surface area contributed by atoms with E-state index in [4.69, 9.17) is 35.3 Å². The number of allylic oxidation sites excluding steroid dienone is 1. The Kier molecular flexibility index (Phi) is 46.1. The Morgan fingerprint density at radius 3 is 1.22 bits per heavy atom. The number of ether oxygens (including phenoxy) is 2. The molecule has 45 heteroatoms. The SMILES string of the molecule is C=C1C[C@H](C(=O)O)[C@H](C(=O)OCC)C1.C=C1C[C@H](NC(=O)OC(C)(C)C)[C@@H](C(=O)O)C1.C[B]C.[2H]N.[2H]NC(=O)[C@H]1CC(=C)C[C@@H]1N.[2H]NC(=O)[C@H]1CC(=C)C[C@@H]1NC(=O)[B]C.[2H]NC(=O)[C@H]1CC(=O)C[C@@H]1NC(=O)[B]C.[2H]NC(=O)[C@H]1CC(C)C[C@@H]1NC(=O)[B]C.[2H]NC(=O)[C@H]1CC(NS(=O)(=O)CC)C[C@@H]1NC(=O)[B]C.[2H]NC(=O)[C@H]1CC(O)C[C@@H]1NC(=O)[B]C. The molecule has 8 aliphatic carbocycles. The van der Waals surface area contributed by atoms with Crippen LogP contribution < -0.4 is 82.9 Å². The lowest BCUT2D eigenvalue weighted by atomic mass is 9.81. The van der Waals surface area contributed by atoms with Gasteiger partial charge in [-0.1, -0.05) is 103 Å². The summed E-state index contributed by atoms with van der Waals surface area (Å²) in [5.41, 5.74) is 19.6. The number of carboxylic acids is 2. The number of carboxylic acid groups (broad SMARTS) is 2. The van der Waals surface area contributed by atoms with Crippen LogP contribution in [0.5, 0.6) is 0 Å². The fraction of sp³-hybridized carbons (Fsp3) is 0.680. The number of primary amides is 6. The number of rotatable bonds is 24. The number of sulfonamides is 1. The third kappa shape index (κ3) is 42.2. The lowest BCUT2D eigenvalue weighted by molar-refractivity contribution is -0.156. The highest BCUT2D eigenvalue weighted by molar-refractivity contribution is 7.89. The minimum atomic E-state index is -3.37. The maximum absolute atomic E-state index is 11.6. The summed E-state index contributed by atoms with van der Waals surface area (Å²) in [5, 5.41) is 43.2. The molecule has 120 heavy (non-hydrogen) atoms. The first kappa shape index (κ1) is 99.5. The van der Waals surface area contributed by atoms with Gasteiger partial charge in [-0.15, -0.1) is 0 Å². The molecule has 27 N–H and O–H groups in total. The van der Waals surface area contributed by atoms with E-state index >= 15 is 0 Å². The molecule has 8 aliphatic rings. The molecule has 3 unspecified atom stereocenters. The first-order valence-corrected chi connectivity index (χ1v) is 40.9. The van der Waals surface area contributed by atoms with E-state index in [1.54, 1.807) is 79.0 Å². The van der Waals surface area contributed by atoms with Crippen LogP contribution >= 0.6 is 0 Å². The lowest BCUT2D eigenvalue weighted by Crippen LogP contribution is -2.43. The minimum absolute atomic E-state index is 0.0431. The van der Waals surface area contributed by atoms with Crippen molar-refractivity contribution in [2.24, 2.45) is 99.3 Å². The Morgan fingerprint density at radius 2 is 0.808 bits per heavy atom. The van der Waals surface area contributed by atoms with Crippen molar-refractivity contribution in [3.8, 4) is 0 Å².